The highest BCUT2D eigenvalue weighted by molar-refractivity contribution is 6.31. The lowest BCUT2D eigenvalue weighted by molar-refractivity contribution is 0.0831. The number of hydrogen-bond donors (Lipinski definition) is 2. The van der Waals surface area contributed by atoms with Crippen molar-refractivity contribution in [2.75, 3.05) is 0 Å². The topological polar surface area (TPSA) is 88.4 Å². The summed E-state index contributed by atoms with van der Waals surface area (Å²) in [6.07, 6.45) is 0. The van der Waals surface area contributed by atoms with Crippen LogP contribution >= 0.6 is 11.6 Å². The highest BCUT2D eigenvalue weighted by Gasteiger charge is 2.14. The smallest absolute Gasteiger partial charge is 0.305 e. The summed E-state index contributed by atoms with van der Waals surface area (Å²) in [6, 6.07) is 13.9. The molecule has 3 aromatic rings. The van der Waals surface area contributed by atoms with Gasteiger partial charge in [0.25, 0.3) is 5.91 Å². The molecule has 0 saturated heterocycles. The zero-order valence-electron chi connectivity index (χ0n) is 12.2. The van der Waals surface area contributed by atoms with Crippen LogP contribution in [0.15, 0.2) is 63.8 Å². The summed E-state index contributed by atoms with van der Waals surface area (Å²) in [6.45, 7) is 0. The zero-order valence-corrected chi connectivity index (χ0v) is 13.0. The molecule has 7 heteroatoms. The van der Waals surface area contributed by atoms with Crippen molar-refractivity contribution in [3.05, 3.63) is 81.2 Å². The first-order chi connectivity index (χ1) is 11.5. The van der Waals surface area contributed by atoms with E-state index in [0.29, 0.717) is 10.6 Å². The van der Waals surface area contributed by atoms with E-state index in [4.69, 9.17) is 16.0 Å². The second-order valence-corrected chi connectivity index (χ2v) is 5.33. The molecule has 6 nitrogen and oxygen atoms in total. The SMILES string of the molecule is O=C(NNC(=O)c1cc(=O)c2cc(Cl)ccc2o1)c1ccccc1. The van der Waals surface area contributed by atoms with E-state index in [1.807, 2.05) is 0 Å². The van der Waals surface area contributed by atoms with Crippen LogP contribution in [0.4, 0.5) is 0 Å². The van der Waals surface area contributed by atoms with Gasteiger partial charge in [0.15, 0.2) is 11.2 Å². The van der Waals surface area contributed by atoms with Crippen LogP contribution in [-0.2, 0) is 0 Å². The average Bonchev–Trinajstić information content (AvgIpc) is 2.60. The Hall–Kier alpha value is -3.12. The maximum absolute atomic E-state index is 12.1. The molecule has 0 bridgehead atoms. The molecule has 2 N–H and O–H groups in total. The summed E-state index contributed by atoms with van der Waals surface area (Å²) in [7, 11) is 0. The molecule has 0 aliphatic carbocycles. The minimum atomic E-state index is -0.742. The monoisotopic (exact) mass is 342 g/mol. The molecule has 0 aliphatic rings. The predicted molar refractivity (Wildman–Crippen MR) is 88.9 cm³/mol. The maximum atomic E-state index is 12.1. The van der Waals surface area contributed by atoms with Gasteiger partial charge in [-0.05, 0) is 30.3 Å². The van der Waals surface area contributed by atoms with Gasteiger partial charge in [-0.3, -0.25) is 25.2 Å². The van der Waals surface area contributed by atoms with Crippen molar-refractivity contribution in [2.24, 2.45) is 0 Å². The van der Waals surface area contributed by atoms with Crippen LogP contribution in [0.3, 0.4) is 0 Å². The van der Waals surface area contributed by atoms with Crippen molar-refractivity contribution in [2.45, 2.75) is 0 Å². The number of benzene rings is 2. The van der Waals surface area contributed by atoms with Crippen LogP contribution in [0.1, 0.15) is 20.9 Å². The highest BCUT2D eigenvalue weighted by Crippen LogP contribution is 2.17. The number of carbonyl (C=O) groups is 2. The molecule has 2 amide bonds. The van der Waals surface area contributed by atoms with E-state index in [2.05, 4.69) is 10.9 Å². The van der Waals surface area contributed by atoms with Gasteiger partial charge in [0.2, 0.25) is 0 Å². The first kappa shape index (κ1) is 15.8. The van der Waals surface area contributed by atoms with Gasteiger partial charge < -0.3 is 4.42 Å². The number of hydrogen-bond acceptors (Lipinski definition) is 4. The van der Waals surface area contributed by atoms with E-state index in [-0.39, 0.29) is 16.7 Å². The standard InChI is InChI=1S/C17H11ClN2O4/c18-11-6-7-14-12(8-11)13(21)9-15(24-14)17(23)20-19-16(22)10-4-2-1-3-5-10/h1-9H,(H,19,22)(H,20,23). The fraction of sp³-hybridized carbons (Fsp3) is 0. The third kappa shape index (κ3) is 3.28. The molecule has 1 heterocycles. The second-order valence-electron chi connectivity index (χ2n) is 4.89. The molecule has 0 spiro atoms. The van der Waals surface area contributed by atoms with Crippen LogP contribution in [0, 0.1) is 0 Å². The van der Waals surface area contributed by atoms with Crippen LogP contribution in [0.5, 0.6) is 0 Å². The lowest BCUT2D eigenvalue weighted by Gasteiger charge is -2.07. The van der Waals surface area contributed by atoms with Gasteiger partial charge >= 0.3 is 5.91 Å². The molecule has 0 atom stereocenters. The Labute approximate surface area is 141 Å². The first-order valence-electron chi connectivity index (χ1n) is 6.94. The van der Waals surface area contributed by atoms with Crippen molar-refractivity contribution in [1.29, 1.82) is 0 Å². The Morgan fingerprint density at radius 1 is 0.917 bits per heavy atom. The Bertz CT molecular complexity index is 983. The number of hydrazine groups is 1. The van der Waals surface area contributed by atoms with E-state index in [1.165, 1.54) is 12.1 Å². The third-order valence-electron chi connectivity index (χ3n) is 3.24. The van der Waals surface area contributed by atoms with Gasteiger partial charge in [0.1, 0.15) is 5.58 Å². The maximum Gasteiger partial charge on any atom is 0.305 e. The van der Waals surface area contributed by atoms with Crippen LogP contribution < -0.4 is 16.3 Å². The number of amides is 2. The molecule has 0 radical (unpaired) electrons. The molecular weight excluding hydrogens is 332 g/mol. The molecule has 120 valence electrons. The second kappa shape index (κ2) is 6.55. The number of rotatable bonds is 2. The normalized spacial score (nSPS) is 10.4. The number of carbonyl (C=O) groups excluding carboxylic acids is 2. The largest absolute Gasteiger partial charge is 0.451 e. The quantitative estimate of drug-likeness (QED) is 0.700. The molecule has 3 rings (SSSR count). The van der Waals surface area contributed by atoms with Crippen molar-refractivity contribution < 1.29 is 14.0 Å². The molecule has 0 aliphatic heterocycles. The van der Waals surface area contributed by atoms with E-state index in [0.717, 1.165) is 6.07 Å². The summed E-state index contributed by atoms with van der Waals surface area (Å²) >= 11 is 5.83. The van der Waals surface area contributed by atoms with Crippen molar-refractivity contribution >= 4 is 34.4 Å². The average molecular weight is 343 g/mol. The Balaban J connectivity index is 1.78. The van der Waals surface area contributed by atoms with Gasteiger partial charge in [-0.1, -0.05) is 29.8 Å². The lowest BCUT2D eigenvalue weighted by Crippen LogP contribution is -2.41. The summed E-state index contributed by atoms with van der Waals surface area (Å²) in [4.78, 5) is 36.0. The molecule has 0 fully saturated rings. The molecule has 1 aromatic heterocycles. The fourth-order valence-electron chi connectivity index (χ4n) is 2.08. The van der Waals surface area contributed by atoms with E-state index >= 15 is 0 Å². The zero-order chi connectivity index (χ0) is 17.1. The van der Waals surface area contributed by atoms with E-state index < -0.39 is 17.2 Å². The molecular formula is C17H11ClN2O4. The lowest BCUT2D eigenvalue weighted by atomic mass is 10.2. The summed E-state index contributed by atoms with van der Waals surface area (Å²) in [5.74, 6) is -1.45. The molecule has 0 saturated carbocycles. The predicted octanol–water partition coefficient (Wildman–Crippen LogP) is 2.52. The van der Waals surface area contributed by atoms with Gasteiger partial charge in [0, 0.05) is 16.7 Å². The summed E-state index contributed by atoms with van der Waals surface area (Å²) in [5.41, 5.74) is 4.66. The minimum absolute atomic E-state index is 0.219. The Morgan fingerprint density at radius 3 is 2.38 bits per heavy atom. The van der Waals surface area contributed by atoms with Gasteiger partial charge in [0.05, 0.1) is 5.39 Å². The van der Waals surface area contributed by atoms with Gasteiger partial charge in [-0.2, -0.15) is 0 Å². The number of halogens is 1. The third-order valence-corrected chi connectivity index (χ3v) is 3.47. The number of nitrogens with one attached hydrogen (secondary N) is 2. The Kier molecular flexibility index (Phi) is 4.31. The first-order valence-corrected chi connectivity index (χ1v) is 7.31. The summed E-state index contributed by atoms with van der Waals surface area (Å²) < 4.78 is 5.38. The fourth-order valence-corrected chi connectivity index (χ4v) is 2.25. The molecule has 24 heavy (non-hydrogen) atoms. The minimum Gasteiger partial charge on any atom is -0.451 e. The Morgan fingerprint density at radius 2 is 1.62 bits per heavy atom. The highest BCUT2D eigenvalue weighted by atomic mass is 35.5. The van der Waals surface area contributed by atoms with Crippen LogP contribution in [0.2, 0.25) is 5.02 Å². The molecule has 0 unspecified atom stereocenters. The van der Waals surface area contributed by atoms with Crippen molar-refractivity contribution in [3.8, 4) is 0 Å². The van der Waals surface area contributed by atoms with Crippen molar-refractivity contribution in [3.63, 3.8) is 0 Å². The van der Waals surface area contributed by atoms with Gasteiger partial charge in [-0.15, -0.1) is 0 Å². The van der Waals surface area contributed by atoms with Gasteiger partial charge in [-0.25, -0.2) is 0 Å². The van der Waals surface area contributed by atoms with E-state index in [9.17, 15) is 14.4 Å². The van der Waals surface area contributed by atoms with E-state index in [1.54, 1.807) is 36.4 Å². The summed E-state index contributed by atoms with van der Waals surface area (Å²) in [5, 5.41) is 0.662. The number of fused-ring (bicyclic) bond motifs is 1. The van der Waals surface area contributed by atoms with Crippen molar-refractivity contribution in [1.82, 2.24) is 10.9 Å². The van der Waals surface area contributed by atoms with Crippen LogP contribution in [-0.4, -0.2) is 11.8 Å². The molecule has 2 aromatic carbocycles. The van der Waals surface area contributed by atoms with Crippen LogP contribution in [0.25, 0.3) is 11.0 Å².